The standard InChI is InChI=1S/C15H14Cl3NO/c1-19-15(9-3-6-12(16)14(18)7-9)11-5-4-10(20-2)8-13(11)17/h3-8,15,19H,1-2H3. The first-order valence-corrected chi connectivity index (χ1v) is 7.16. The molecule has 1 atom stereocenters. The van der Waals surface area contributed by atoms with Gasteiger partial charge in [0.2, 0.25) is 0 Å². The Bertz CT molecular complexity index is 616. The summed E-state index contributed by atoms with van der Waals surface area (Å²) >= 11 is 18.4. The monoisotopic (exact) mass is 329 g/mol. The maximum Gasteiger partial charge on any atom is 0.120 e. The maximum atomic E-state index is 6.32. The molecule has 2 aromatic carbocycles. The summed E-state index contributed by atoms with van der Waals surface area (Å²) in [6.45, 7) is 0. The van der Waals surface area contributed by atoms with Crippen LogP contribution >= 0.6 is 34.8 Å². The van der Waals surface area contributed by atoms with Crippen LogP contribution < -0.4 is 10.1 Å². The Morgan fingerprint density at radius 3 is 2.25 bits per heavy atom. The highest BCUT2D eigenvalue weighted by molar-refractivity contribution is 6.42. The van der Waals surface area contributed by atoms with Gasteiger partial charge in [-0.15, -0.1) is 0 Å². The molecule has 2 nitrogen and oxygen atoms in total. The molecule has 1 N–H and O–H groups in total. The molecule has 0 saturated carbocycles. The number of nitrogens with one attached hydrogen (secondary N) is 1. The highest BCUT2D eigenvalue weighted by atomic mass is 35.5. The molecule has 0 bridgehead atoms. The molecular formula is C15H14Cl3NO. The average molecular weight is 331 g/mol. The van der Waals surface area contributed by atoms with Gasteiger partial charge in [0.1, 0.15) is 5.75 Å². The van der Waals surface area contributed by atoms with Crippen molar-refractivity contribution in [2.24, 2.45) is 0 Å². The van der Waals surface area contributed by atoms with E-state index in [9.17, 15) is 0 Å². The average Bonchev–Trinajstić information content (AvgIpc) is 2.45. The van der Waals surface area contributed by atoms with Crippen molar-refractivity contribution in [2.75, 3.05) is 14.2 Å². The fourth-order valence-corrected chi connectivity index (χ4v) is 2.65. The minimum Gasteiger partial charge on any atom is -0.497 e. The van der Waals surface area contributed by atoms with Crippen LogP contribution in [0.5, 0.6) is 5.75 Å². The zero-order valence-electron chi connectivity index (χ0n) is 11.1. The summed E-state index contributed by atoms with van der Waals surface area (Å²) in [5.41, 5.74) is 1.95. The lowest BCUT2D eigenvalue weighted by molar-refractivity contribution is 0.414. The van der Waals surface area contributed by atoms with Gasteiger partial charge in [-0.1, -0.05) is 46.9 Å². The number of methoxy groups -OCH3 is 1. The van der Waals surface area contributed by atoms with E-state index in [4.69, 9.17) is 39.5 Å². The Labute approximate surface area is 133 Å². The Kier molecular flexibility index (Phi) is 5.17. The van der Waals surface area contributed by atoms with Crippen molar-refractivity contribution in [2.45, 2.75) is 6.04 Å². The molecule has 5 heteroatoms. The molecule has 1 unspecified atom stereocenters. The van der Waals surface area contributed by atoms with E-state index >= 15 is 0 Å². The van der Waals surface area contributed by atoms with E-state index < -0.39 is 0 Å². The Hall–Kier alpha value is -0.930. The Morgan fingerprint density at radius 1 is 0.950 bits per heavy atom. The molecule has 0 spiro atoms. The molecule has 0 aliphatic heterocycles. The van der Waals surface area contributed by atoms with Gasteiger partial charge in [-0.25, -0.2) is 0 Å². The molecule has 0 aliphatic carbocycles. The fourth-order valence-electron chi connectivity index (χ4n) is 2.06. The van der Waals surface area contributed by atoms with E-state index in [1.165, 1.54) is 0 Å². The smallest absolute Gasteiger partial charge is 0.120 e. The number of halogens is 3. The van der Waals surface area contributed by atoms with Crippen molar-refractivity contribution in [1.82, 2.24) is 5.32 Å². The molecular weight excluding hydrogens is 317 g/mol. The van der Waals surface area contributed by atoms with Crippen molar-refractivity contribution >= 4 is 34.8 Å². The molecule has 20 heavy (non-hydrogen) atoms. The second-order valence-electron chi connectivity index (χ2n) is 4.28. The molecule has 0 radical (unpaired) electrons. The summed E-state index contributed by atoms with van der Waals surface area (Å²) in [5, 5.41) is 4.92. The van der Waals surface area contributed by atoms with Crippen LogP contribution in [0.15, 0.2) is 36.4 Å². The second kappa shape index (κ2) is 6.68. The first-order chi connectivity index (χ1) is 9.56. The zero-order valence-corrected chi connectivity index (χ0v) is 13.4. The summed E-state index contributed by atoms with van der Waals surface area (Å²) in [4.78, 5) is 0. The van der Waals surface area contributed by atoms with Crippen molar-refractivity contribution in [3.63, 3.8) is 0 Å². The van der Waals surface area contributed by atoms with Gasteiger partial charge in [0.05, 0.1) is 23.2 Å². The highest BCUT2D eigenvalue weighted by Gasteiger charge is 2.16. The van der Waals surface area contributed by atoms with Crippen molar-refractivity contribution in [3.05, 3.63) is 62.6 Å². The number of rotatable bonds is 4. The lowest BCUT2D eigenvalue weighted by Crippen LogP contribution is -2.18. The van der Waals surface area contributed by atoms with E-state index in [0.717, 1.165) is 16.9 Å². The molecule has 0 saturated heterocycles. The van der Waals surface area contributed by atoms with Crippen molar-refractivity contribution in [3.8, 4) is 5.75 Å². The van der Waals surface area contributed by atoms with E-state index in [1.807, 2.05) is 31.3 Å². The summed E-state index contributed by atoms with van der Waals surface area (Å²) in [5.74, 6) is 0.725. The van der Waals surface area contributed by atoms with Crippen LogP contribution in [-0.4, -0.2) is 14.2 Å². The lowest BCUT2D eigenvalue weighted by Gasteiger charge is -2.19. The quantitative estimate of drug-likeness (QED) is 0.855. The molecule has 2 aromatic rings. The minimum atomic E-state index is -0.0665. The number of benzene rings is 2. The van der Waals surface area contributed by atoms with Gasteiger partial charge in [0, 0.05) is 5.02 Å². The topological polar surface area (TPSA) is 21.3 Å². The third-order valence-electron chi connectivity index (χ3n) is 3.08. The van der Waals surface area contributed by atoms with E-state index in [-0.39, 0.29) is 6.04 Å². The van der Waals surface area contributed by atoms with Gasteiger partial charge in [0.25, 0.3) is 0 Å². The second-order valence-corrected chi connectivity index (χ2v) is 5.50. The third-order valence-corrected chi connectivity index (χ3v) is 4.15. The van der Waals surface area contributed by atoms with E-state index in [2.05, 4.69) is 5.32 Å². The van der Waals surface area contributed by atoms with Gasteiger partial charge in [-0.3, -0.25) is 0 Å². The first-order valence-electron chi connectivity index (χ1n) is 6.02. The fraction of sp³-hybridized carbons (Fsp3) is 0.200. The predicted molar refractivity (Wildman–Crippen MR) is 85.4 cm³/mol. The van der Waals surface area contributed by atoms with Crippen molar-refractivity contribution < 1.29 is 4.74 Å². The van der Waals surface area contributed by atoms with Crippen LogP contribution in [0.2, 0.25) is 15.1 Å². The van der Waals surface area contributed by atoms with Crippen LogP contribution in [0.3, 0.4) is 0 Å². The lowest BCUT2D eigenvalue weighted by atomic mass is 9.98. The van der Waals surface area contributed by atoms with Crippen LogP contribution in [0.25, 0.3) is 0 Å². The van der Waals surface area contributed by atoms with Gasteiger partial charge in [-0.05, 0) is 42.4 Å². The number of hydrogen-bond donors (Lipinski definition) is 1. The van der Waals surface area contributed by atoms with Gasteiger partial charge < -0.3 is 10.1 Å². The van der Waals surface area contributed by atoms with Crippen LogP contribution in [0, 0.1) is 0 Å². The summed E-state index contributed by atoms with van der Waals surface area (Å²) in [7, 11) is 3.48. The summed E-state index contributed by atoms with van der Waals surface area (Å²) < 4.78 is 5.16. The maximum absolute atomic E-state index is 6.32. The molecule has 2 rings (SSSR count). The number of ether oxygens (including phenoxy) is 1. The highest BCUT2D eigenvalue weighted by Crippen LogP contribution is 2.33. The summed E-state index contributed by atoms with van der Waals surface area (Å²) in [6.07, 6.45) is 0. The van der Waals surface area contributed by atoms with Gasteiger partial charge in [0.15, 0.2) is 0 Å². The third kappa shape index (κ3) is 3.21. The van der Waals surface area contributed by atoms with Crippen LogP contribution in [0.4, 0.5) is 0 Å². The van der Waals surface area contributed by atoms with E-state index in [0.29, 0.717) is 15.1 Å². The van der Waals surface area contributed by atoms with Crippen LogP contribution in [-0.2, 0) is 0 Å². The molecule has 0 aliphatic rings. The van der Waals surface area contributed by atoms with Gasteiger partial charge in [-0.2, -0.15) is 0 Å². The Morgan fingerprint density at radius 2 is 1.70 bits per heavy atom. The largest absolute Gasteiger partial charge is 0.497 e. The van der Waals surface area contributed by atoms with Gasteiger partial charge >= 0.3 is 0 Å². The number of hydrogen-bond acceptors (Lipinski definition) is 2. The minimum absolute atomic E-state index is 0.0665. The van der Waals surface area contributed by atoms with Crippen molar-refractivity contribution in [1.29, 1.82) is 0 Å². The molecule has 106 valence electrons. The van der Waals surface area contributed by atoms with E-state index in [1.54, 1.807) is 19.2 Å². The molecule has 0 aromatic heterocycles. The normalized spacial score (nSPS) is 12.2. The molecule has 0 fully saturated rings. The molecule has 0 amide bonds. The predicted octanol–water partition coefficient (Wildman–Crippen LogP) is 4.96. The SMILES string of the molecule is CNC(c1ccc(Cl)c(Cl)c1)c1ccc(OC)cc1Cl. The zero-order chi connectivity index (χ0) is 14.7. The van der Waals surface area contributed by atoms with Crippen LogP contribution in [0.1, 0.15) is 17.2 Å². The summed E-state index contributed by atoms with van der Waals surface area (Å²) in [6, 6.07) is 11.1. The first kappa shape index (κ1) is 15.5. The molecule has 0 heterocycles. The Balaban J connectivity index is 2.43.